The lowest BCUT2D eigenvalue weighted by molar-refractivity contribution is 0.445. The van der Waals surface area contributed by atoms with E-state index in [0.717, 1.165) is 12.0 Å². The lowest BCUT2D eigenvalue weighted by Gasteiger charge is -2.20. The van der Waals surface area contributed by atoms with E-state index < -0.39 is 10.0 Å². The van der Waals surface area contributed by atoms with E-state index in [1.807, 2.05) is 13.0 Å². The Labute approximate surface area is 115 Å². The fourth-order valence-electron chi connectivity index (χ4n) is 1.82. The van der Waals surface area contributed by atoms with Gasteiger partial charge >= 0.3 is 0 Å². The molecule has 0 aliphatic carbocycles. The van der Waals surface area contributed by atoms with E-state index >= 15 is 0 Å². The first-order valence-electron chi connectivity index (χ1n) is 6.20. The van der Waals surface area contributed by atoms with Gasteiger partial charge in [0, 0.05) is 13.1 Å². The highest BCUT2D eigenvalue weighted by molar-refractivity contribution is 7.89. The molecular formula is C14H20N2O2S. The molecule has 0 bridgehead atoms. The van der Waals surface area contributed by atoms with Crippen LogP contribution in [0.25, 0.3) is 0 Å². The molecular weight excluding hydrogens is 260 g/mol. The smallest absolute Gasteiger partial charge is 0.244 e. The Morgan fingerprint density at radius 3 is 2.63 bits per heavy atom. The van der Waals surface area contributed by atoms with Crippen LogP contribution in [-0.2, 0) is 16.6 Å². The zero-order valence-electron chi connectivity index (χ0n) is 11.4. The molecule has 0 saturated heterocycles. The van der Waals surface area contributed by atoms with Crippen molar-refractivity contribution in [1.29, 1.82) is 0 Å². The molecule has 0 aliphatic heterocycles. The Balaban J connectivity index is 3.28. The molecule has 1 aromatic rings. The van der Waals surface area contributed by atoms with Gasteiger partial charge < -0.3 is 5.73 Å². The van der Waals surface area contributed by atoms with E-state index in [9.17, 15) is 8.42 Å². The van der Waals surface area contributed by atoms with Gasteiger partial charge in [-0.05, 0) is 30.5 Å². The van der Waals surface area contributed by atoms with Crippen LogP contribution in [0.15, 0.2) is 23.1 Å². The predicted octanol–water partition coefficient (Wildman–Crippen LogP) is 1.49. The summed E-state index contributed by atoms with van der Waals surface area (Å²) in [5, 5.41) is 0. The van der Waals surface area contributed by atoms with Gasteiger partial charge in [-0.2, -0.15) is 4.31 Å². The lowest BCUT2D eigenvalue weighted by Crippen LogP contribution is -2.32. The summed E-state index contributed by atoms with van der Waals surface area (Å²) in [7, 11) is -3.55. The molecule has 5 heteroatoms. The van der Waals surface area contributed by atoms with Crippen LogP contribution < -0.4 is 5.73 Å². The van der Waals surface area contributed by atoms with Crippen LogP contribution in [0, 0.1) is 19.3 Å². The molecule has 0 amide bonds. The second kappa shape index (κ2) is 6.71. The molecule has 0 atom stereocenters. The molecule has 0 aliphatic rings. The van der Waals surface area contributed by atoms with E-state index in [0.29, 0.717) is 23.5 Å². The molecule has 4 nitrogen and oxygen atoms in total. The van der Waals surface area contributed by atoms with Crippen LogP contribution in [0.2, 0.25) is 0 Å². The van der Waals surface area contributed by atoms with Gasteiger partial charge in [0.05, 0.1) is 11.4 Å². The first kappa shape index (κ1) is 15.7. The highest BCUT2D eigenvalue weighted by Gasteiger charge is 2.24. The van der Waals surface area contributed by atoms with Crippen molar-refractivity contribution in [2.24, 2.45) is 5.73 Å². The van der Waals surface area contributed by atoms with Crippen molar-refractivity contribution in [1.82, 2.24) is 4.31 Å². The number of aryl methyl sites for hydroxylation is 1. The number of sulfonamides is 1. The van der Waals surface area contributed by atoms with Crippen molar-refractivity contribution in [3.8, 4) is 12.3 Å². The Morgan fingerprint density at radius 2 is 2.11 bits per heavy atom. The monoisotopic (exact) mass is 280 g/mol. The lowest BCUT2D eigenvalue weighted by atomic mass is 10.1. The van der Waals surface area contributed by atoms with Gasteiger partial charge in [-0.25, -0.2) is 8.42 Å². The van der Waals surface area contributed by atoms with Crippen molar-refractivity contribution in [3.05, 3.63) is 29.3 Å². The van der Waals surface area contributed by atoms with Crippen molar-refractivity contribution < 1.29 is 8.42 Å². The Hall–Kier alpha value is -1.35. The third-order valence-electron chi connectivity index (χ3n) is 2.85. The van der Waals surface area contributed by atoms with Crippen LogP contribution in [-0.4, -0.2) is 25.8 Å². The average molecular weight is 280 g/mol. The standard InChI is InChI=1S/C14H20N2O2S/c1-4-8-16(9-5-2)19(17,18)14-10-13(11-15)7-6-12(14)3/h1,6-7,10H,5,8-9,11,15H2,2-3H3. The minimum atomic E-state index is -3.55. The number of terminal acetylenes is 1. The second-order valence-corrected chi connectivity index (χ2v) is 6.25. The molecule has 1 rings (SSSR count). The van der Waals surface area contributed by atoms with Gasteiger partial charge in [-0.1, -0.05) is 25.0 Å². The summed E-state index contributed by atoms with van der Waals surface area (Å²) in [4.78, 5) is 0.291. The SMILES string of the molecule is C#CCN(CCC)S(=O)(=O)c1cc(CN)ccc1C. The molecule has 0 heterocycles. The van der Waals surface area contributed by atoms with Crippen LogP contribution in [0.3, 0.4) is 0 Å². The average Bonchev–Trinajstić information content (AvgIpc) is 2.39. The van der Waals surface area contributed by atoms with Crippen LogP contribution >= 0.6 is 0 Å². The molecule has 0 radical (unpaired) electrons. The Bertz CT molecular complexity index is 574. The van der Waals surface area contributed by atoms with Gasteiger partial charge in [0.2, 0.25) is 10.0 Å². The first-order chi connectivity index (χ1) is 8.97. The quantitative estimate of drug-likeness (QED) is 0.803. The van der Waals surface area contributed by atoms with Gasteiger partial charge in [-0.15, -0.1) is 6.42 Å². The summed E-state index contributed by atoms with van der Waals surface area (Å²) in [6, 6.07) is 5.23. The highest BCUT2D eigenvalue weighted by atomic mass is 32.2. The third-order valence-corrected chi connectivity index (χ3v) is 4.83. The van der Waals surface area contributed by atoms with Crippen molar-refractivity contribution in [2.45, 2.75) is 31.7 Å². The maximum Gasteiger partial charge on any atom is 0.244 e. The number of benzene rings is 1. The van der Waals surface area contributed by atoms with Crippen LogP contribution in [0.4, 0.5) is 0 Å². The van der Waals surface area contributed by atoms with E-state index in [2.05, 4.69) is 5.92 Å². The van der Waals surface area contributed by atoms with Gasteiger partial charge in [0.15, 0.2) is 0 Å². The molecule has 1 aromatic carbocycles. The summed E-state index contributed by atoms with van der Waals surface area (Å²) >= 11 is 0. The summed E-state index contributed by atoms with van der Waals surface area (Å²) in [6.07, 6.45) is 5.97. The first-order valence-corrected chi connectivity index (χ1v) is 7.64. The van der Waals surface area contributed by atoms with Crippen molar-refractivity contribution >= 4 is 10.0 Å². The topological polar surface area (TPSA) is 63.4 Å². The zero-order valence-corrected chi connectivity index (χ0v) is 12.2. The molecule has 0 saturated carbocycles. The Kier molecular flexibility index (Phi) is 5.55. The maximum atomic E-state index is 12.6. The number of hydrogen-bond donors (Lipinski definition) is 1. The zero-order chi connectivity index (χ0) is 14.5. The molecule has 0 unspecified atom stereocenters. The van der Waals surface area contributed by atoms with E-state index in [4.69, 9.17) is 12.2 Å². The maximum absolute atomic E-state index is 12.6. The highest BCUT2D eigenvalue weighted by Crippen LogP contribution is 2.21. The molecule has 2 N–H and O–H groups in total. The predicted molar refractivity (Wildman–Crippen MR) is 77.0 cm³/mol. The van der Waals surface area contributed by atoms with Gasteiger partial charge in [-0.3, -0.25) is 0 Å². The van der Waals surface area contributed by atoms with E-state index in [1.165, 1.54) is 4.31 Å². The van der Waals surface area contributed by atoms with E-state index in [-0.39, 0.29) is 6.54 Å². The number of hydrogen-bond acceptors (Lipinski definition) is 3. The van der Waals surface area contributed by atoms with Crippen molar-refractivity contribution in [2.75, 3.05) is 13.1 Å². The summed E-state index contributed by atoms with van der Waals surface area (Å²) in [6.45, 7) is 4.50. The Morgan fingerprint density at radius 1 is 1.42 bits per heavy atom. The number of nitrogens with two attached hydrogens (primary N) is 1. The van der Waals surface area contributed by atoms with Crippen molar-refractivity contribution in [3.63, 3.8) is 0 Å². The van der Waals surface area contributed by atoms with Crippen LogP contribution in [0.5, 0.6) is 0 Å². The molecule has 0 fully saturated rings. The fourth-order valence-corrected chi connectivity index (χ4v) is 3.54. The second-order valence-electron chi connectivity index (χ2n) is 4.35. The normalized spacial score (nSPS) is 11.5. The van der Waals surface area contributed by atoms with Gasteiger partial charge in [0.1, 0.15) is 0 Å². The molecule has 19 heavy (non-hydrogen) atoms. The minimum Gasteiger partial charge on any atom is -0.326 e. The number of nitrogens with zero attached hydrogens (tertiary/aromatic N) is 1. The molecule has 0 spiro atoms. The van der Waals surface area contributed by atoms with Crippen LogP contribution in [0.1, 0.15) is 24.5 Å². The fraction of sp³-hybridized carbons (Fsp3) is 0.429. The minimum absolute atomic E-state index is 0.0858. The summed E-state index contributed by atoms with van der Waals surface area (Å²) in [5.74, 6) is 2.40. The molecule has 0 aromatic heterocycles. The van der Waals surface area contributed by atoms with E-state index in [1.54, 1.807) is 19.1 Å². The largest absolute Gasteiger partial charge is 0.326 e. The van der Waals surface area contributed by atoms with Gasteiger partial charge in [0.25, 0.3) is 0 Å². The number of rotatable bonds is 6. The summed E-state index contributed by atoms with van der Waals surface area (Å²) < 4.78 is 26.5. The molecule has 104 valence electrons. The summed E-state index contributed by atoms with van der Waals surface area (Å²) in [5.41, 5.74) is 7.06. The third kappa shape index (κ3) is 3.57.